The van der Waals surface area contributed by atoms with Gasteiger partial charge in [-0.15, -0.1) is 0 Å². The minimum absolute atomic E-state index is 0.132. The number of nitrogens with one attached hydrogen (secondary N) is 1. The molecular formula is C7H7ClN2O2S. The fourth-order valence-corrected chi connectivity index (χ4v) is 1.80. The monoisotopic (exact) mass is 218 g/mol. The highest BCUT2D eigenvalue weighted by atomic mass is 35.5. The Labute approximate surface area is 81.0 Å². The van der Waals surface area contributed by atoms with E-state index in [4.69, 9.17) is 17.1 Å². The molecule has 0 fully saturated rings. The highest BCUT2D eigenvalue weighted by molar-refractivity contribution is 7.91. The summed E-state index contributed by atoms with van der Waals surface area (Å²) in [4.78, 5) is 0.132. The Kier molecular flexibility index (Phi) is 3.00. The fourth-order valence-electron chi connectivity index (χ4n) is 0.801. The van der Waals surface area contributed by atoms with Crippen LogP contribution >= 0.6 is 11.6 Å². The third-order valence-corrected chi connectivity index (χ3v) is 3.12. The number of rotatable bonds is 3. The number of hydrogen-bond donors (Lipinski definition) is 1. The molecule has 6 heteroatoms. The van der Waals surface area contributed by atoms with Crippen LogP contribution in [-0.4, -0.2) is 14.3 Å². The van der Waals surface area contributed by atoms with E-state index in [0.717, 1.165) is 0 Å². The van der Waals surface area contributed by atoms with Crippen molar-refractivity contribution in [3.8, 4) is 0 Å². The van der Waals surface area contributed by atoms with Crippen molar-refractivity contribution >= 4 is 21.4 Å². The first-order valence-electron chi connectivity index (χ1n) is 3.38. The first-order valence-corrected chi connectivity index (χ1v) is 5.41. The van der Waals surface area contributed by atoms with Crippen molar-refractivity contribution in [1.29, 1.82) is 5.53 Å². The fraction of sp³-hybridized carbons (Fsp3) is 0.143. The van der Waals surface area contributed by atoms with E-state index in [9.17, 15) is 8.42 Å². The van der Waals surface area contributed by atoms with Gasteiger partial charge in [-0.3, -0.25) is 0 Å². The molecule has 0 spiro atoms. The van der Waals surface area contributed by atoms with E-state index >= 15 is 0 Å². The molecule has 0 atom stereocenters. The molecule has 70 valence electrons. The van der Waals surface area contributed by atoms with Gasteiger partial charge >= 0.3 is 0 Å². The van der Waals surface area contributed by atoms with E-state index in [1.807, 2.05) is 0 Å². The maximum absolute atomic E-state index is 11.3. The molecule has 1 aromatic carbocycles. The van der Waals surface area contributed by atoms with Crippen LogP contribution in [0.4, 0.5) is 0 Å². The number of halogens is 1. The van der Waals surface area contributed by atoms with Crippen molar-refractivity contribution < 1.29 is 8.42 Å². The minimum atomic E-state index is -3.44. The lowest BCUT2D eigenvalue weighted by atomic mass is 10.4. The van der Waals surface area contributed by atoms with Crippen LogP contribution in [0.15, 0.2) is 34.3 Å². The van der Waals surface area contributed by atoms with Gasteiger partial charge in [-0.2, -0.15) is 5.11 Å². The Balaban J connectivity index is 3.08. The maximum atomic E-state index is 11.3. The van der Waals surface area contributed by atoms with E-state index in [1.54, 1.807) is 0 Å². The average molecular weight is 219 g/mol. The SMILES string of the molecule is N=NCS(=O)(=O)c1ccc(Cl)cc1. The lowest BCUT2D eigenvalue weighted by molar-refractivity contribution is 0.595. The Hall–Kier alpha value is -0.940. The van der Waals surface area contributed by atoms with Gasteiger partial charge in [0.2, 0.25) is 0 Å². The molecule has 0 saturated carbocycles. The third-order valence-electron chi connectivity index (χ3n) is 1.41. The van der Waals surface area contributed by atoms with Crippen LogP contribution < -0.4 is 0 Å². The lowest BCUT2D eigenvalue weighted by Gasteiger charge is -1.99. The Morgan fingerprint density at radius 1 is 1.31 bits per heavy atom. The molecule has 0 aromatic heterocycles. The van der Waals surface area contributed by atoms with Crippen molar-refractivity contribution in [2.24, 2.45) is 5.11 Å². The van der Waals surface area contributed by atoms with Crippen molar-refractivity contribution in [3.05, 3.63) is 29.3 Å². The van der Waals surface area contributed by atoms with Gasteiger partial charge in [0.1, 0.15) is 0 Å². The second-order valence-corrected chi connectivity index (χ2v) is 4.75. The summed E-state index contributed by atoms with van der Waals surface area (Å²) in [6.45, 7) is 0. The van der Waals surface area contributed by atoms with Crippen LogP contribution in [0.2, 0.25) is 5.02 Å². The van der Waals surface area contributed by atoms with Crippen LogP contribution in [0.3, 0.4) is 0 Å². The molecule has 0 aliphatic carbocycles. The highest BCUT2D eigenvalue weighted by Crippen LogP contribution is 2.15. The van der Waals surface area contributed by atoms with Crippen molar-refractivity contribution in [3.63, 3.8) is 0 Å². The molecule has 0 aliphatic rings. The van der Waals surface area contributed by atoms with Gasteiger partial charge in [0, 0.05) is 5.02 Å². The summed E-state index contributed by atoms with van der Waals surface area (Å²) in [7, 11) is -3.44. The Morgan fingerprint density at radius 3 is 2.31 bits per heavy atom. The average Bonchev–Trinajstić information content (AvgIpc) is 2.05. The molecule has 13 heavy (non-hydrogen) atoms. The van der Waals surface area contributed by atoms with Crippen LogP contribution in [0.1, 0.15) is 0 Å². The van der Waals surface area contributed by atoms with Crippen LogP contribution in [0.25, 0.3) is 0 Å². The summed E-state index contributed by atoms with van der Waals surface area (Å²) in [5, 5.41) is 3.31. The summed E-state index contributed by atoms with van der Waals surface area (Å²) in [6.07, 6.45) is 0. The number of benzene rings is 1. The van der Waals surface area contributed by atoms with Gasteiger partial charge in [-0.25, -0.2) is 13.9 Å². The van der Waals surface area contributed by atoms with E-state index in [0.29, 0.717) is 5.02 Å². The maximum Gasteiger partial charge on any atom is 0.200 e. The lowest BCUT2D eigenvalue weighted by Crippen LogP contribution is -2.03. The standard InChI is InChI=1S/C7H7ClN2O2S/c8-6-1-3-7(4-2-6)13(11,12)5-10-9/h1-4,9H,5H2. The van der Waals surface area contributed by atoms with Crippen LogP contribution in [0.5, 0.6) is 0 Å². The Morgan fingerprint density at radius 2 is 1.85 bits per heavy atom. The second kappa shape index (κ2) is 3.85. The predicted molar refractivity (Wildman–Crippen MR) is 48.7 cm³/mol. The molecule has 1 N–H and O–H groups in total. The van der Waals surface area contributed by atoms with Crippen LogP contribution in [-0.2, 0) is 9.84 Å². The molecule has 0 amide bonds. The number of sulfone groups is 1. The molecule has 1 aromatic rings. The normalized spacial score (nSPS) is 11.2. The van der Waals surface area contributed by atoms with Gasteiger partial charge in [0.05, 0.1) is 4.90 Å². The van der Waals surface area contributed by atoms with E-state index in [1.165, 1.54) is 24.3 Å². The van der Waals surface area contributed by atoms with E-state index < -0.39 is 15.7 Å². The molecular weight excluding hydrogens is 212 g/mol. The summed E-state index contributed by atoms with van der Waals surface area (Å²) in [5.74, 6) is -0.519. The van der Waals surface area contributed by atoms with Crippen molar-refractivity contribution in [2.45, 2.75) is 4.90 Å². The molecule has 4 nitrogen and oxygen atoms in total. The van der Waals surface area contributed by atoms with Gasteiger partial charge in [-0.05, 0) is 24.3 Å². The van der Waals surface area contributed by atoms with Crippen molar-refractivity contribution in [1.82, 2.24) is 0 Å². The largest absolute Gasteiger partial charge is 0.222 e. The molecule has 0 aliphatic heterocycles. The molecule has 0 unspecified atom stereocenters. The first kappa shape index (κ1) is 10.1. The zero-order chi connectivity index (χ0) is 9.90. The second-order valence-electron chi connectivity index (χ2n) is 2.36. The third kappa shape index (κ3) is 2.50. The number of hydrogen-bond acceptors (Lipinski definition) is 4. The summed E-state index contributed by atoms with van der Waals surface area (Å²) < 4.78 is 22.6. The summed E-state index contributed by atoms with van der Waals surface area (Å²) in [5.41, 5.74) is 6.47. The van der Waals surface area contributed by atoms with E-state index in [-0.39, 0.29) is 4.90 Å². The van der Waals surface area contributed by atoms with Crippen molar-refractivity contribution in [2.75, 3.05) is 5.88 Å². The van der Waals surface area contributed by atoms with Gasteiger partial charge in [-0.1, -0.05) is 11.6 Å². The zero-order valence-corrected chi connectivity index (χ0v) is 8.14. The highest BCUT2D eigenvalue weighted by Gasteiger charge is 2.12. The molecule has 0 bridgehead atoms. The smallest absolute Gasteiger partial charge is 0.200 e. The van der Waals surface area contributed by atoms with Gasteiger partial charge in [0.15, 0.2) is 15.7 Å². The van der Waals surface area contributed by atoms with Gasteiger partial charge in [0.25, 0.3) is 0 Å². The minimum Gasteiger partial charge on any atom is -0.222 e. The quantitative estimate of drug-likeness (QED) is 0.790. The topological polar surface area (TPSA) is 70.3 Å². The Bertz CT molecular complexity index is 399. The molecule has 0 radical (unpaired) electrons. The number of nitrogens with zero attached hydrogens (tertiary/aromatic N) is 1. The predicted octanol–water partition coefficient (Wildman–Crippen LogP) is 2.10. The first-order chi connectivity index (χ1) is 6.06. The summed E-state index contributed by atoms with van der Waals surface area (Å²) in [6, 6.07) is 5.75. The zero-order valence-electron chi connectivity index (χ0n) is 6.57. The molecule has 0 saturated heterocycles. The molecule has 1 rings (SSSR count). The van der Waals surface area contributed by atoms with Gasteiger partial charge < -0.3 is 0 Å². The van der Waals surface area contributed by atoms with Crippen LogP contribution in [0, 0.1) is 5.53 Å². The summed E-state index contributed by atoms with van der Waals surface area (Å²) >= 11 is 5.58. The van der Waals surface area contributed by atoms with E-state index in [2.05, 4.69) is 5.11 Å². The molecule has 0 heterocycles.